The zero-order valence-electron chi connectivity index (χ0n) is 15.2. The molecule has 24 heavy (non-hydrogen) atoms. The van der Waals surface area contributed by atoms with Gasteiger partial charge in [0.05, 0.1) is 6.10 Å². The number of aliphatic hydroxyl groups is 1. The van der Waals surface area contributed by atoms with Gasteiger partial charge in [0.25, 0.3) is 0 Å². The summed E-state index contributed by atoms with van der Waals surface area (Å²) in [5.74, 6) is -0.445. The van der Waals surface area contributed by atoms with Gasteiger partial charge in [-0.1, -0.05) is 44.6 Å². The summed E-state index contributed by atoms with van der Waals surface area (Å²) in [6, 6.07) is 0. The lowest BCUT2D eigenvalue weighted by Gasteiger charge is -2.12. The van der Waals surface area contributed by atoms with E-state index in [4.69, 9.17) is 5.11 Å². The highest BCUT2D eigenvalue weighted by Crippen LogP contribution is 2.31. The molecule has 1 aliphatic rings. The van der Waals surface area contributed by atoms with Crippen LogP contribution in [0.15, 0.2) is 11.1 Å². The molecule has 0 saturated carbocycles. The van der Waals surface area contributed by atoms with Crippen LogP contribution in [-0.2, 0) is 9.59 Å². The number of carbonyl (C=O) groups excluding carboxylic acids is 1. The van der Waals surface area contributed by atoms with Gasteiger partial charge in [-0.05, 0) is 50.5 Å². The van der Waals surface area contributed by atoms with Crippen LogP contribution in [0, 0.1) is 0 Å². The first kappa shape index (κ1) is 20.9. The van der Waals surface area contributed by atoms with Crippen LogP contribution in [0.1, 0.15) is 96.8 Å². The van der Waals surface area contributed by atoms with Crippen LogP contribution in [0.4, 0.5) is 0 Å². The van der Waals surface area contributed by atoms with Gasteiger partial charge >= 0.3 is 5.97 Å². The van der Waals surface area contributed by atoms with Gasteiger partial charge < -0.3 is 10.2 Å². The lowest BCUT2D eigenvalue weighted by atomic mass is 9.97. The van der Waals surface area contributed by atoms with Gasteiger partial charge in [-0.15, -0.1) is 0 Å². The first-order valence-corrected chi connectivity index (χ1v) is 9.68. The Morgan fingerprint density at radius 1 is 1.00 bits per heavy atom. The highest BCUT2D eigenvalue weighted by atomic mass is 16.4. The zero-order valence-corrected chi connectivity index (χ0v) is 15.2. The Kier molecular flexibility index (Phi) is 10.6. The minimum absolute atomic E-state index is 0.239. The molecule has 0 aromatic heterocycles. The van der Waals surface area contributed by atoms with Crippen molar-refractivity contribution in [3.8, 4) is 0 Å². The van der Waals surface area contributed by atoms with Crippen molar-refractivity contribution in [1.29, 1.82) is 0 Å². The van der Waals surface area contributed by atoms with Crippen molar-refractivity contribution < 1.29 is 19.8 Å². The van der Waals surface area contributed by atoms with E-state index in [0.717, 1.165) is 69.8 Å². The van der Waals surface area contributed by atoms with Crippen LogP contribution in [0.3, 0.4) is 0 Å². The molecule has 0 aromatic rings. The number of carbonyl (C=O) groups is 2. The first-order chi connectivity index (χ1) is 11.5. The normalized spacial score (nSPS) is 16.0. The smallest absolute Gasteiger partial charge is 0.303 e. The molecule has 4 heteroatoms. The maximum atomic E-state index is 12.1. The van der Waals surface area contributed by atoms with E-state index in [-0.39, 0.29) is 18.3 Å². The van der Waals surface area contributed by atoms with E-state index in [1.807, 2.05) is 0 Å². The first-order valence-electron chi connectivity index (χ1n) is 9.68. The molecule has 0 fully saturated rings. The van der Waals surface area contributed by atoms with E-state index < -0.39 is 5.97 Å². The second kappa shape index (κ2) is 12.2. The van der Waals surface area contributed by atoms with E-state index in [2.05, 4.69) is 6.92 Å². The number of hydrogen-bond acceptors (Lipinski definition) is 3. The van der Waals surface area contributed by atoms with Crippen molar-refractivity contribution in [3.05, 3.63) is 11.1 Å². The number of carboxylic acids is 1. The molecule has 0 heterocycles. The minimum Gasteiger partial charge on any atom is -0.481 e. The summed E-state index contributed by atoms with van der Waals surface area (Å²) < 4.78 is 0. The highest BCUT2D eigenvalue weighted by molar-refractivity contribution is 5.98. The van der Waals surface area contributed by atoms with Gasteiger partial charge in [0.15, 0.2) is 5.78 Å². The molecule has 0 spiro atoms. The van der Waals surface area contributed by atoms with Gasteiger partial charge in [0, 0.05) is 12.8 Å². The summed E-state index contributed by atoms with van der Waals surface area (Å²) in [4.78, 5) is 22.5. The van der Waals surface area contributed by atoms with Crippen LogP contribution < -0.4 is 0 Å². The molecule has 1 atom stereocenters. The van der Waals surface area contributed by atoms with E-state index in [1.54, 1.807) is 0 Å². The summed E-state index contributed by atoms with van der Waals surface area (Å²) in [7, 11) is 0. The van der Waals surface area contributed by atoms with Crippen LogP contribution in [0.25, 0.3) is 0 Å². The largest absolute Gasteiger partial charge is 0.481 e. The van der Waals surface area contributed by atoms with Crippen molar-refractivity contribution >= 4 is 11.8 Å². The summed E-state index contributed by atoms with van der Waals surface area (Å²) in [6.45, 7) is 2.16. The standard InChI is InChI=1S/C20H34O4/c1-2-3-6-9-17(21)14-12-16-13-15-19(22)18(16)10-7-4-5-8-11-20(23)24/h17,21H,2-15H2,1H3,(H,23,24)/t17-/m0/s1. The molecule has 138 valence electrons. The molecular weight excluding hydrogens is 304 g/mol. The number of hydrogen-bond donors (Lipinski definition) is 2. The number of aliphatic carboxylic acids is 1. The number of unbranched alkanes of at least 4 members (excludes halogenated alkanes) is 5. The second-order valence-electron chi connectivity index (χ2n) is 7.00. The van der Waals surface area contributed by atoms with Gasteiger partial charge in [0.1, 0.15) is 0 Å². The fourth-order valence-corrected chi connectivity index (χ4v) is 3.40. The van der Waals surface area contributed by atoms with Gasteiger partial charge in [-0.25, -0.2) is 0 Å². The molecule has 1 rings (SSSR count). The summed E-state index contributed by atoms with van der Waals surface area (Å²) in [6.07, 6.45) is 11.8. The average Bonchev–Trinajstić information content (AvgIpc) is 2.89. The van der Waals surface area contributed by atoms with Crippen molar-refractivity contribution in [2.75, 3.05) is 0 Å². The third kappa shape index (κ3) is 8.62. The van der Waals surface area contributed by atoms with Gasteiger partial charge in [-0.3, -0.25) is 9.59 Å². The Balaban J connectivity index is 2.29. The predicted octanol–water partition coefficient (Wildman–Crippen LogP) is 4.79. The summed E-state index contributed by atoms with van der Waals surface area (Å²) >= 11 is 0. The third-order valence-electron chi connectivity index (χ3n) is 4.90. The Bertz CT molecular complexity index is 425. The molecule has 1 aliphatic carbocycles. The molecule has 2 N–H and O–H groups in total. The Morgan fingerprint density at radius 2 is 1.75 bits per heavy atom. The number of aliphatic hydroxyl groups excluding tert-OH is 1. The lowest BCUT2D eigenvalue weighted by Crippen LogP contribution is -2.07. The molecule has 0 amide bonds. The van der Waals surface area contributed by atoms with Crippen LogP contribution in [0.2, 0.25) is 0 Å². The molecule has 0 bridgehead atoms. The highest BCUT2D eigenvalue weighted by Gasteiger charge is 2.22. The van der Waals surface area contributed by atoms with Crippen LogP contribution in [-0.4, -0.2) is 28.1 Å². The number of Topliss-reactive ketones (excluding diaryl/α,β-unsaturated/α-hetero) is 1. The number of carboxylic acid groups (broad SMARTS) is 1. The Labute approximate surface area is 146 Å². The molecule has 0 radical (unpaired) electrons. The maximum absolute atomic E-state index is 12.1. The molecule has 0 saturated heterocycles. The summed E-state index contributed by atoms with van der Waals surface area (Å²) in [5, 5.41) is 18.7. The molecule has 0 unspecified atom stereocenters. The maximum Gasteiger partial charge on any atom is 0.303 e. The topological polar surface area (TPSA) is 74.6 Å². The number of ketones is 1. The van der Waals surface area contributed by atoms with E-state index in [9.17, 15) is 14.7 Å². The number of allylic oxidation sites excluding steroid dienone is 2. The van der Waals surface area contributed by atoms with Gasteiger partial charge in [-0.2, -0.15) is 0 Å². The van der Waals surface area contributed by atoms with Crippen molar-refractivity contribution in [2.45, 2.75) is 103 Å². The van der Waals surface area contributed by atoms with Crippen molar-refractivity contribution in [3.63, 3.8) is 0 Å². The molecule has 4 nitrogen and oxygen atoms in total. The quantitative estimate of drug-likeness (QED) is 0.446. The van der Waals surface area contributed by atoms with Crippen LogP contribution in [0.5, 0.6) is 0 Å². The average molecular weight is 338 g/mol. The van der Waals surface area contributed by atoms with E-state index in [1.165, 1.54) is 18.4 Å². The van der Waals surface area contributed by atoms with Crippen molar-refractivity contribution in [2.24, 2.45) is 0 Å². The molecule has 0 aromatic carbocycles. The van der Waals surface area contributed by atoms with Crippen molar-refractivity contribution in [1.82, 2.24) is 0 Å². The summed E-state index contributed by atoms with van der Waals surface area (Å²) in [5.41, 5.74) is 2.27. The Hall–Kier alpha value is -1.16. The van der Waals surface area contributed by atoms with Crippen LogP contribution >= 0.6 is 0 Å². The zero-order chi connectivity index (χ0) is 17.8. The molecular formula is C20H34O4. The minimum atomic E-state index is -0.733. The second-order valence-corrected chi connectivity index (χ2v) is 7.00. The third-order valence-corrected chi connectivity index (χ3v) is 4.90. The molecule has 0 aliphatic heterocycles. The fourth-order valence-electron chi connectivity index (χ4n) is 3.40. The van der Waals surface area contributed by atoms with Gasteiger partial charge in [0.2, 0.25) is 0 Å². The Morgan fingerprint density at radius 3 is 2.46 bits per heavy atom. The van der Waals surface area contributed by atoms with E-state index in [0.29, 0.717) is 6.42 Å². The van der Waals surface area contributed by atoms with E-state index >= 15 is 0 Å². The fraction of sp³-hybridized carbons (Fsp3) is 0.800. The monoisotopic (exact) mass is 338 g/mol. The lowest BCUT2D eigenvalue weighted by molar-refractivity contribution is -0.137. The predicted molar refractivity (Wildman–Crippen MR) is 96.0 cm³/mol. The number of rotatable bonds is 14. The SMILES string of the molecule is CCCCC[C@H](O)CCC1=C(CCCCCCC(=O)O)C(=O)CC1.